The summed E-state index contributed by atoms with van der Waals surface area (Å²) >= 11 is 0. The third-order valence-electron chi connectivity index (χ3n) is 4.86. The van der Waals surface area contributed by atoms with Crippen LogP contribution in [0.15, 0.2) is 18.2 Å². The van der Waals surface area contributed by atoms with Crippen molar-refractivity contribution in [1.82, 2.24) is 0 Å². The lowest BCUT2D eigenvalue weighted by molar-refractivity contribution is -0.0245. The van der Waals surface area contributed by atoms with Gasteiger partial charge in [-0.15, -0.1) is 0 Å². The molecule has 1 N–H and O–H groups in total. The van der Waals surface area contributed by atoms with Crippen LogP contribution in [0.4, 0.5) is 0 Å². The molecule has 0 amide bonds. The van der Waals surface area contributed by atoms with Gasteiger partial charge in [-0.3, -0.25) is 0 Å². The summed E-state index contributed by atoms with van der Waals surface area (Å²) in [5, 5.41) is 11.1. The lowest BCUT2D eigenvalue weighted by Crippen LogP contribution is -2.33. The van der Waals surface area contributed by atoms with E-state index in [0.29, 0.717) is 5.92 Å². The monoisotopic (exact) mass is 274 g/mol. The van der Waals surface area contributed by atoms with Crippen molar-refractivity contribution in [3.05, 3.63) is 29.3 Å². The van der Waals surface area contributed by atoms with Gasteiger partial charge in [0.2, 0.25) is 0 Å². The topological polar surface area (TPSA) is 29.5 Å². The highest BCUT2D eigenvalue weighted by molar-refractivity contribution is 5.41. The van der Waals surface area contributed by atoms with Crippen molar-refractivity contribution in [2.24, 2.45) is 11.8 Å². The van der Waals surface area contributed by atoms with Crippen molar-refractivity contribution in [1.29, 1.82) is 0 Å². The van der Waals surface area contributed by atoms with E-state index in [2.05, 4.69) is 26.0 Å². The second kappa shape index (κ2) is 5.40. The summed E-state index contributed by atoms with van der Waals surface area (Å²) in [6, 6.07) is 6.30. The van der Waals surface area contributed by atoms with Gasteiger partial charge in [0.1, 0.15) is 5.75 Å². The van der Waals surface area contributed by atoms with Crippen molar-refractivity contribution < 1.29 is 9.84 Å². The Bertz CT molecular complexity index is 480. The molecule has 1 heterocycles. The van der Waals surface area contributed by atoms with Crippen LogP contribution >= 0.6 is 0 Å². The van der Waals surface area contributed by atoms with Crippen LogP contribution in [0.1, 0.15) is 57.1 Å². The van der Waals surface area contributed by atoms with Gasteiger partial charge in [0.25, 0.3) is 0 Å². The second-order valence-corrected chi connectivity index (χ2v) is 7.04. The van der Waals surface area contributed by atoms with E-state index in [-0.39, 0.29) is 0 Å². The minimum Gasteiger partial charge on any atom is -0.493 e. The smallest absolute Gasteiger partial charge is 0.122 e. The van der Waals surface area contributed by atoms with Gasteiger partial charge in [-0.1, -0.05) is 26.3 Å². The third kappa shape index (κ3) is 2.71. The molecule has 2 unspecified atom stereocenters. The molecule has 110 valence electrons. The lowest BCUT2D eigenvalue weighted by Gasteiger charge is -2.38. The average Bonchev–Trinajstić information content (AvgIpc) is 2.85. The Morgan fingerprint density at radius 3 is 3.05 bits per heavy atom. The molecule has 1 fully saturated rings. The predicted octanol–water partition coefficient (Wildman–Crippen LogP) is 4.05. The maximum Gasteiger partial charge on any atom is 0.122 e. The first-order chi connectivity index (χ1) is 9.57. The van der Waals surface area contributed by atoms with Gasteiger partial charge >= 0.3 is 0 Å². The van der Waals surface area contributed by atoms with Crippen LogP contribution in [-0.4, -0.2) is 11.7 Å². The normalized spacial score (nSPS) is 29.3. The molecule has 20 heavy (non-hydrogen) atoms. The van der Waals surface area contributed by atoms with Gasteiger partial charge < -0.3 is 9.84 Å². The third-order valence-corrected chi connectivity index (χ3v) is 4.86. The standard InChI is InChI=1S/C18H26O2/c1-13(2)10-14-4-3-8-18(19,12-14)16-5-6-17-15(11-16)7-9-20-17/h5-6,11,13-14,19H,3-4,7-10,12H2,1-2H3. The summed E-state index contributed by atoms with van der Waals surface area (Å²) in [5.74, 6) is 2.39. The maximum atomic E-state index is 11.1. The van der Waals surface area contributed by atoms with Crippen LogP contribution in [0.25, 0.3) is 0 Å². The Morgan fingerprint density at radius 2 is 2.25 bits per heavy atom. The Hall–Kier alpha value is -1.02. The highest BCUT2D eigenvalue weighted by Crippen LogP contribution is 2.43. The number of aliphatic hydroxyl groups is 1. The fourth-order valence-corrected chi connectivity index (χ4v) is 3.97. The molecular formula is C18H26O2. The lowest BCUT2D eigenvalue weighted by atomic mass is 9.72. The van der Waals surface area contributed by atoms with Crippen LogP contribution in [-0.2, 0) is 12.0 Å². The zero-order chi connectivity index (χ0) is 14.2. The molecule has 1 aliphatic heterocycles. The van der Waals surface area contributed by atoms with Crippen LogP contribution in [0.3, 0.4) is 0 Å². The van der Waals surface area contributed by atoms with Gasteiger partial charge in [0.15, 0.2) is 0 Å². The molecule has 2 nitrogen and oxygen atoms in total. The molecule has 0 aromatic heterocycles. The number of fused-ring (bicyclic) bond motifs is 1. The second-order valence-electron chi connectivity index (χ2n) is 7.04. The van der Waals surface area contributed by atoms with Crippen LogP contribution in [0.2, 0.25) is 0 Å². The summed E-state index contributed by atoms with van der Waals surface area (Å²) < 4.78 is 5.57. The molecule has 1 saturated carbocycles. The zero-order valence-electron chi connectivity index (χ0n) is 12.7. The molecule has 3 rings (SSSR count). The number of benzene rings is 1. The van der Waals surface area contributed by atoms with E-state index in [1.165, 1.54) is 18.4 Å². The molecule has 0 bridgehead atoms. The first kappa shape index (κ1) is 13.9. The molecule has 2 heteroatoms. The highest BCUT2D eigenvalue weighted by Gasteiger charge is 2.36. The summed E-state index contributed by atoms with van der Waals surface area (Å²) in [6.07, 6.45) is 6.45. The minimum atomic E-state index is -0.616. The molecule has 1 aliphatic carbocycles. The summed E-state index contributed by atoms with van der Waals surface area (Å²) in [5.41, 5.74) is 1.76. The number of hydrogen-bond donors (Lipinski definition) is 1. The van der Waals surface area contributed by atoms with E-state index in [4.69, 9.17) is 4.74 Å². The van der Waals surface area contributed by atoms with Gasteiger partial charge in [-0.2, -0.15) is 0 Å². The Kier molecular flexibility index (Phi) is 3.76. The SMILES string of the molecule is CC(C)CC1CCCC(O)(c2ccc3c(c2)CCO3)C1. The van der Waals surface area contributed by atoms with E-state index in [1.807, 2.05) is 6.07 Å². The summed E-state index contributed by atoms with van der Waals surface area (Å²) in [7, 11) is 0. The first-order valence-electron chi connectivity index (χ1n) is 8.05. The molecule has 0 radical (unpaired) electrons. The molecule has 2 aliphatic rings. The van der Waals surface area contributed by atoms with E-state index in [9.17, 15) is 5.11 Å². The largest absolute Gasteiger partial charge is 0.493 e. The molecule has 1 aromatic rings. The number of rotatable bonds is 3. The van der Waals surface area contributed by atoms with E-state index in [0.717, 1.165) is 49.5 Å². The Morgan fingerprint density at radius 1 is 1.40 bits per heavy atom. The average molecular weight is 274 g/mol. The van der Waals surface area contributed by atoms with E-state index >= 15 is 0 Å². The quantitative estimate of drug-likeness (QED) is 0.901. The number of hydrogen-bond acceptors (Lipinski definition) is 2. The van der Waals surface area contributed by atoms with Crippen molar-refractivity contribution in [3.63, 3.8) is 0 Å². The number of ether oxygens (including phenoxy) is 1. The minimum absolute atomic E-state index is 0.616. The first-order valence-corrected chi connectivity index (χ1v) is 8.05. The van der Waals surface area contributed by atoms with Gasteiger partial charge in [-0.05, 0) is 60.8 Å². The zero-order valence-corrected chi connectivity index (χ0v) is 12.7. The molecule has 0 saturated heterocycles. The van der Waals surface area contributed by atoms with Crippen molar-refractivity contribution in [2.45, 2.75) is 58.0 Å². The summed E-state index contributed by atoms with van der Waals surface area (Å²) in [6.45, 7) is 5.34. The van der Waals surface area contributed by atoms with Crippen molar-refractivity contribution >= 4 is 0 Å². The van der Waals surface area contributed by atoms with Crippen LogP contribution in [0.5, 0.6) is 5.75 Å². The van der Waals surface area contributed by atoms with Crippen LogP contribution in [0, 0.1) is 11.8 Å². The summed E-state index contributed by atoms with van der Waals surface area (Å²) in [4.78, 5) is 0. The van der Waals surface area contributed by atoms with E-state index < -0.39 is 5.60 Å². The van der Waals surface area contributed by atoms with Gasteiger partial charge in [0, 0.05) is 6.42 Å². The van der Waals surface area contributed by atoms with Gasteiger partial charge in [0.05, 0.1) is 12.2 Å². The van der Waals surface area contributed by atoms with Crippen molar-refractivity contribution in [3.8, 4) is 5.75 Å². The maximum absolute atomic E-state index is 11.1. The van der Waals surface area contributed by atoms with Gasteiger partial charge in [-0.25, -0.2) is 0 Å². The Labute approximate surface area is 122 Å². The highest BCUT2D eigenvalue weighted by atomic mass is 16.5. The Balaban J connectivity index is 1.80. The fraction of sp³-hybridized carbons (Fsp3) is 0.667. The van der Waals surface area contributed by atoms with E-state index in [1.54, 1.807) is 0 Å². The molecule has 0 spiro atoms. The predicted molar refractivity (Wildman–Crippen MR) is 81.0 cm³/mol. The van der Waals surface area contributed by atoms with Crippen molar-refractivity contribution in [2.75, 3.05) is 6.61 Å². The molecule has 1 aromatic carbocycles. The molecular weight excluding hydrogens is 248 g/mol. The fourth-order valence-electron chi connectivity index (χ4n) is 3.97. The van der Waals surface area contributed by atoms with Crippen LogP contribution < -0.4 is 4.74 Å². The molecule has 2 atom stereocenters.